The Hall–Kier alpha value is -0.970. The third-order valence-corrected chi connectivity index (χ3v) is 1.08. The van der Waals surface area contributed by atoms with Crippen LogP contribution in [0.3, 0.4) is 0 Å². The molecule has 1 rings (SSSR count). The lowest BCUT2D eigenvalue weighted by atomic mass is 10.4. The summed E-state index contributed by atoms with van der Waals surface area (Å²) in [7, 11) is 0. The lowest BCUT2D eigenvalue weighted by Gasteiger charge is -2.03. The van der Waals surface area contributed by atoms with Crippen molar-refractivity contribution in [2.45, 2.75) is 19.5 Å². The average molecular weight is 127 g/mol. The molecule has 5 nitrogen and oxygen atoms in total. The van der Waals surface area contributed by atoms with E-state index in [1.807, 2.05) is 6.92 Å². The summed E-state index contributed by atoms with van der Waals surface area (Å²) >= 11 is 0. The highest BCUT2D eigenvalue weighted by Crippen LogP contribution is 1.94. The summed E-state index contributed by atoms with van der Waals surface area (Å²) in [4.78, 5) is 1.39. The standard InChI is InChI=1S/C4H9N5/c1-2-4(5)9-7-3-6-8-9/h3-4H,2,5H2,1H3. The molecule has 2 N–H and O–H groups in total. The van der Waals surface area contributed by atoms with Gasteiger partial charge in [0, 0.05) is 0 Å². The summed E-state index contributed by atoms with van der Waals surface area (Å²) in [6, 6.07) is 0. The Kier molecular flexibility index (Phi) is 1.74. The van der Waals surface area contributed by atoms with E-state index < -0.39 is 0 Å². The number of rotatable bonds is 2. The van der Waals surface area contributed by atoms with Crippen molar-refractivity contribution in [2.24, 2.45) is 5.73 Å². The molecule has 0 aliphatic rings. The van der Waals surface area contributed by atoms with Crippen LogP contribution in [0.2, 0.25) is 0 Å². The van der Waals surface area contributed by atoms with E-state index in [-0.39, 0.29) is 6.17 Å². The van der Waals surface area contributed by atoms with Crippen LogP contribution in [0.5, 0.6) is 0 Å². The zero-order valence-corrected chi connectivity index (χ0v) is 5.23. The molecular weight excluding hydrogens is 118 g/mol. The topological polar surface area (TPSA) is 69.6 Å². The molecule has 0 bridgehead atoms. The Bertz CT molecular complexity index is 157. The number of hydrogen-bond acceptors (Lipinski definition) is 4. The van der Waals surface area contributed by atoms with Crippen LogP contribution >= 0.6 is 0 Å². The van der Waals surface area contributed by atoms with E-state index in [4.69, 9.17) is 5.73 Å². The smallest absolute Gasteiger partial charge is 0.162 e. The number of nitrogens with zero attached hydrogens (tertiary/aromatic N) is 4. The van der Waals surface area contributed by atoms with Crippen molar-refractivity contribution in [3.63, 3.8) is 0 Å². The van der Waals surface area contributed by atoms with Crippen LogP contribution < -0.4 is 5.73 Å². The van der Waals surface area contributed by atoms with Crippen LogP contribution in [-0.2, 0) is 0 Å². The highest BCUT2D eigenvalue weighted by molar-refractivity contribution is 4.48. The first kappa shape index (κ1) is 6.15. The van der Waals surface area contributed by atoms with Gasteiger partial charge in [0.1, 0.15) is 6.17 Å². The van der Waals surface area contributed by atoms with E-state index in [1.54, 1.807) is 0 Å². The number of aromatic nitrogens is 4. The summed E-state index contributed by atoms with van der Waals surface area (Å²) < 4.78 is 0. The first-order valence-electron chi connectivity index (χ1n) is 2.82. The van der Waals surface area contributed by atoms with Crippen LogP contribution in [-0.4, -0.2) is 20.2 Å². The molecule has 1 heterocycles. The largest absolute Gasteiger partial charge is 0.308 e. The van der Waals surface area contributed by atoms with Crippen LogP contribution in [0.1, 0.15) is 19.5 Å². The van der Waals surface area contributed by atoms with Gasteiger partial charge in [-0.3, -0.25) is 0 Å². The predicted molar refractivity (Wildman–Crippen MR) is 31.3 cm³/mol. The molecule has 1 atom stereocenters. The van der Waals surface area contributed by atoms with Gasteiger partial charge in [-0.2, -0.15) is 0 Å². The van der Waals surface area contributed by atoms with E-state index >= 15 is 0 Å². The van der Waals surface area contributed by atoms with Gasteiger partial charge in [-0.05, 0) is 11.6 Å². The maximum absolute atomic E-state index is 5.54. The number of hydrogen-bond donors (Lipinski definition) is 1. The van der Waals surface area contributed by atoms with Gasteiger partial charge in [-0.1, -0.05) is 6.92 Å². The Morgan fingerprint density at radius 3 is 3.00 bits per heavy atom. The third kappa shape index (κ3) is 1.23. The maximum Gasteiger partial charge on any atom is 0.162 e. The Morgan fingerprint density at radius 1 is 1.78 bits per heavy atom. The van der Waals surface area contributed by atoms with Crippen molar-refractivity contribution < 1.29 is 0 Å². The fourth-order valence-electron chi connectivity index (χ4n) is 0.490. The second-order valence-corrected chi connectivity index (χ2v) is 1.73. The fourth-order valence-corrected chi connectivity index (χ4v) is 0.490. The first-order valence-corrected chi connectivity index (χ1v) is 2.82. The highest BCUT2D eigenvalue weighted by atomic mass is 15.6. The van der Waals surface area contributed by atoms with Crippen molar-refractivity contribution in [1.29, 1.82) is 0 Å². The molecule has 0 aromatic carbocycles. The van der Waals surface area contributed by atoms with Crippen LogP contribution in [0, 0.1) is 0 Å². The molecular formula is C4H9N5. The molecule has 0 amide bonds. The second-order valence-electron chi connectivity index (χ2n) is 1.73. The maximum atomic E-state index is 5.54. The molecule has 9 heavy (non-hydrogen) atoms. The van der Waals surface area contributed by atoms with E-state index in [1.165, 1.54) is 11.1 Å². The van der Waals surface area contributed by atoms with Gasteiger partial charge in [0.15, 0.2) is 6.33 Å². The third-order valence-electron chi connectivity index (χ3n) is 1.08. The summed E-state index contributed by atoms with van der Waals surface area (Å²) in [5.41, 5.74) is 5.54. The van der Waals surface area contributed by atoms with Crippen LogP contribution in [0.15, 0.2) is 6.33 Å². The molecule has 50 valence electrons. The highest BCUT2D eigenvalue weighted by Gasteiger charge is 2.00. The Labute approximate surface area is 52.8 Å². The van der Waals surface area contributed by atoms with Crippen molar-refractivity contribution >= 4 is 0 Å². The molecule has 1 aromatic heterocycles. The Morgan fingerprint density at radius 2 is 2.56 bits per heavy atom. The summed E-state index contributed by atoms with van der Waals surface area (Å²) in [5, 5.41) is 10.9. The van der Waals surface area contributed by atoms with Gasteiger partial charge in [-0.25, -0.2) is 0 Å². The molecule has 0 saturated heterocycles. The average Bonchev–Trinajstić information content (AvgIpc) is 2.37. The summed E-state index contributed by atoms with van der Waals surface area (Å²) in [5.74, 6) is 0. The molecule has 0 saturated carbocycles. The molecule has 0 aliphatic heterocycles. The van der Waals surface area contributed by atoms with Gasteiger partial charge in [0.05, 0.1) is 0 Å². The quantitative estimate of drug-likeness (QED) is 0.583. The minimum Gasteiger partial charge on any atom is -0.308 e. The predicted octanol–water partition coefficient (Wildman–Crippen LogP) is -0.460. The van der Waals surface area contributed by atoms with Crippen molar-refractivity contribution in [2.75, 3.05) is 0 Å². The van der Waals surface area contributed by atoms with Gasteiger partial charge in [0.25, 0.3) is 0 Å². The summed E-state index contributed by atoms with van der Waals surface area (Å²) in [6.45, 7) is 1.97. The van der Waals surface area contributed by atoms with Gasteiger partial charge in [0.2, 0.25) is 0 Å². The zero-order chi connectivity index (χ0) is 6.69. The first-order chi connectivity index (χ1) is 4.34. The second kappa shape index (κ2) is 2.54. The van der Waals surface area contributed by atoms with Gasteiger partial charge < -0.3 is 5.73 Å². The lowest BCUT2D eigenvalue weighted by molar-refractivity contribution is 0.396. The Balaban J connectivity index is 2.65. The minimum absolute atomic E-state index is 0.132. The fraction of sp³-hybridized carbons (Fsp3) is 0.750. The van der Waals surface area contributed by atoms with E-state index in [2.05, 4.69) is 15.4 Å². The summed E-state index contributed by atoms with van der Waals surface area (Å²) in [6.07, 6.45) is 2.05. The normalized spacial score (nSPS) is 13.6. The van der Waals surface area contributed by atoms with Crippen molar-refractivity contribution in [1.82, 2.24) is 20.2 Å². The van der Waals surface area contributed by atoms with Crippen molar-refractivity contribution in [3.05, 3.63) is 6.33 Å². The monoisotopic (exact) mass is 127 g/mol. The van der Waals surface area contributed by atoms with Gasteiger partial charge >= 0.3 is 0 Å². The van der Waals surface area contributed by atoms with E-state index in [0.29, 0.717) is 0 Å². The molecule has 5 heteroatoms. The molecule has 1 unspecified atom stereocenters. The molecule has 0 radical (unpaired) electrons. The number of nitrogens with two attached hydrogens (primary N) is 1. The molecule has 1 aromatic rings. The molecule has 0 aliphatic carbocycles. The molecule has 0 fully saturated rings. The number of tetrazole rings is 1. The molecule has 0 spiro atoms. The SMILES string of the molecule is CCC(N)n1ncnn1. The minimum atomic E-state index is -0.132. The van der Waals surface area contributed by atoms with Crippen LogP contribution in [0.25, 0.3) is 0 Å². The van der Waals surface area contributed by atoms with Crippen LogP contribution in [0.4, 0.5) is 0 Å². The van der Waals surface area contributed by atoms with E-state index in [9.17, 15) is 0 Å². The zero-order valence-electron chi connectivity index (χ0n) is 5.23. The van der Waals surface area contributed by atoms with E-state index in [0.717, 1.165) is 6.42 Å². The lowest BCUT2D eigenvalue weighted by Crippen LogP contribution is -2.20. The van der Waals surface area contributed by atoms with Crippen molar-refractivity contribution in [3.8, 4) is 0 Å². The van der Waals surface area contributed by atoms with Gasteiger partial charge in [-0.15, -0.1) is 15.0 Å².